The van der Waals surface area contributed by atoms with Crippen LogP contribution in [0.1, 0.15) is 11.3 Å². The molecular formula is C17H10F4O2. The van der Waals surface area contributed by atoms with Gasteiger partial charge in [-0.3, -0.25) is 4.79 Å². The van der Waals surface area contributed by atoms with Crippen LogP contribution in [0.15, 0.2) is 51.7 Å². The second-order valence-electron chi connectivity index (χ2n) is 5.12. The zero-order valence-corrected chi connectivity index (χ0v) is 11.9. The highest BCUT2D eigenvalue weighted by Gasteiger charge is 2.34. The molecule has 2 aromatic carbocycles. The zero-order valence-electron chi connectivity index (χ0n) is 11.9. The molecule has 0 saturated carbocycles. The molecule has 0 bridgehead atoms. The summed E-state index contributed by atoms with van der Waals surface area (Å²) in [6, 6.07) is 8.55. The summed E-state index contributed by atoms with van der Waals surface area (Å²) >= 11 is 0. The van der Waals surface area contributed by atoms with Crippen LogP contribution in [0.25, 0.3) is 22.1 Å². The molecule has 0 fully saturated rings. The van der Waals surface area contributed by atoms with E-state index in [0.717, 1.165) is 12.1 Å². The van der Waals surface area contributed by atoms with Gasteiger partial charge in [-0.05, 0) is 42.3 Å². The van der Waals surface area contributed by atoms with Crippen LogP contribution in [0.2, 0.25) is 0 Å². The Morgan fingerprint density at radius 1 is 0.957 bits per heavy atom. The summed E-state index contributed by atoms with van der Waals surface area (Å²) in [6.45, 7) is 1.60. The smallest absolute Gasteiger partial charge is 0.419 e. The topological polar surface area (TPSA) is 30.2 Å². The van der Waals surface area contributed by atoms with E-state index in [-0.39, 0.29) is 16.6 Å². The Balaban J connectivity index is 2.19. The number of benzene rings is 2. The van der Waals surface area contributed by atoms with Gasteiger partial charge in [0.15, 0.2) is 5.43 Å². The molecule has 0 aliphatic carbocycles. The van der Waals surface area contributed by atoms with Gasteiger partial charge in [0.1, 0.15) is 17.2 Å². The van der Waals surface area contributed by atoms with Crippen molar-refractivity contribution in [1.82, 2.24) is 0 Å². The van der Waals surface area contributed by atoms with Crippen LogP contribution in [-0.4, -0.2) is 0 Å². The van der Waals surface area contributed by atoms with Crippen LogP contribution in [-0.2, 0) is 6.18 Å². The second-order valence-corrected chi connectivity index (χ2v) is 5.12. The normalized spacial score (nSPS) is 11.9. The molecular weight excluding hydrogens is 312 g/mol. The first kappa shape index (κ1) is 15.3. The zero-order chi connectivity index (χ0) is 16.8. The Morgan fingerprint density at radius 3 is 2.30 bits per heavy atom. The van der Waals surface area contributed by atoms with Gasteiger partial charge in [-0.2, -0.15) is 13.2 Å². The third-order valence-electron chi connectivity index (χ3n) is 3.46. The lowest BCUT2D eigenvalue weighted by atomic mass is 10.0. The molecule has 0 spiro atoms. The van der Waals surface area contributed by atoms with Gasteiger partial charge in [0.05, 0.1) is 10.9 Å². The predicted molar refractivity (Wildman–Crippen MR) is 77.6 cm³/mol. The third-order valence-corrected chi connectivity index (χ3v) is 3.46. The predicted octanol–water partition coefficient (Wildman–Crippen LogP) is 4.93. The van der Waals surface area contributed by atoms with E-state index >= 15 is 0 Å². The number of alkyl halides is 3. The highest BCUT2D eigenvalue weighted by Crippen LogP contribution is 2.34. The lowest BCUT2D eigenvalue weighted by Gasteiger charge is -2.10. The van der Waals surface area contributed by atoms with E-state index in [1.54, 1.807) is 6.92 Å². The summed E-state index contributed by atoms with van der Waals surface area (Å²) in [6.07, 6.45) is -4.78. The molecule has 0 unspecified atom stereocenters. The number of aryl methyl sites for hydroxylation is 1. The number of hydrogen-bond donors (Lipinski definition) is 0. The minimum absolute atomic E-state index is 0.185. The van der Waals surface area contributed by atoms with E-state index in [4.69, 9.17) is 4.42 Å². The fraction of sp³-hybridized carbons (Fsp3) is 0.118. The van der Waals surface area contributed by atoms with Crippen molar-refractivity contribution in [2.24, 2.45) is 0 Å². The van der Waals surface area contributed by atoms with Gasteiger partial charge >= 0.3 is 6.18 Å². The van der Waals surface area contributed by atoms with E-state index in [2.05, 4.69) is 0 Å². The molecule has 1 heterocycles. The molecule has 3 rings (SSSR count). The van der Waals surface area contributed by atoms with Crippen molar-refractivity contribution in [3.63, 3.8) is 0 Å². The number of hydrogen-bond acceptors (Lipinski definition) is 2. The quantitative estimate of drug-likeness (QED) is 0.595. The SMILES string of the molecule is Cc1cc(=O)c2ccc(-c3ccc(F)c(C(F)(F)F)c3)cc2o1. The fourth-order valence-electron chi connectivity index (χ4n) is 2.38. The van der Waals surface area contributed by atoms with E-state index in [9.17, 15) is 22.4 Å². The van der Waals surface area contributed by atoms with Gasteiger partial charge in [0, 0.05) is 6.07 Å². The number of fused-ring (bicyclic) bond motifs is 1. The van der Waals surface area contributed by atoms with Crippen LogP contribution in [0.3, 0.4) is 0 Å². The maximum atomic E-state index is 13.4. The molecule has 2 nitrogen and oxygen atoms in total. The molecule has 118 valence electrons. The number of rotatable bonds is 1. The maximum absolute atomic E-state index is 13.4. The first-order valence-corrected chi connectivity index (χ1v) is 6.67. The van der Waals surface area contributed by atoms with Crippen LogP contribution in [0.4, 0.5) is 17.6 Å². The van der Waals surface area contributed by atoms with Crippen molar-refractivity contribution >= 4 is 11.0 Å². The molecule has 1 aromatic heterocycles. The Bertz CT molecular complexity index is 955. The average Bonchev–Trinajstić information content (AvgIpc) is 2.45. The van der Waals surface area contributed by atoms with Crippen LogP contribution >= 0.6 is 0 Å². The van der Waals surface area contributed by atoms with Gasteiger partial charge in [-0.1, -0.05) is 12.1 Å². The van der Waals surface area contributed by atoms with Crippen molar-refractivity contribution in [1.29, 1.82) is 0 Å². The average molecular weight is 322 g/mol. The summed E-state index contributed by atoms with van der Waals surface area (Å²) in [4.78, 5) is 11.8. The second kappa shape index (κ2) is 5.22. The lowest BCUT2D eigenvalue weighted by molar-refractivity contribution is -0.139. The van der Waals surface area contributed by atoms with Gasteiger partial charge in [-0.15, -0.1) is 0 Å². The monoisotopic (exact) mass is 322 g/mol. The van der Waals surface area contributed by atoms with Gasteiger partial charge in [0.25, 0.3) is 0 Å². The fourth-order valence-corrected chi connectivity index (χ4v) is 2.38. The largest absolute Gasteiger partial charge is 0.461 e. The Morgan fingerprint density at radius 2 is 1.61 bits per heavy atom. The first-order valence-electron chi connectivity index (χ1n) is 6.67. The summed E-state index contributed by atoms with van der Waals surface area (Å²) in [5, 5.41) is 0.331. The van der Waals surface area contributed by atoms with E-state index in [1.165, 1.54) is 30.3 Å². The molecule has 0 radical (unpaired) electrons. The lowest BCUT2D eigenvalue weighted by Crippen LogP contribution is -2.08. The minimum Gasteiger partial charge on any atom is -0.461 e. The van der Waals surface area contributed by atoms with Crippen LogP contribution < -0.4 is 5.43 Å². The molecule has 0 saturated heterocycles. The molecule has 3 aromatic rings. The Kier molecular flexibility index (Phi) is 3.47. The molecule has 0 atom stereocenters. The molecule has 0 amide bonds. The summed E-state index contributed by atoms with van der Waals surface area (Å²) in [5.74, 6) is -0.931. The molecule has 23 heavy (non-hydrogen) atoms. The van der Waals surface area contributed by atoms with E-state index < -0.39 is 17.6 Å². The van der Waals surface area contributed by atoms with Crippen molar-refractivity contribution in [3.8, 4) is 11.1 Å². The minimum atomic E-state index is -4.78. The molecule has 0 aliphatic rings. The van der Waals surface area contributed by atoms with Gasteiger partial charge in [0.2, 0.25) is 0 Å². The first-order chi connectivity index (χ1) is 10.8. The highest BCUT2D eigenvalue weighted by atomic mass is 19.4. The van der Waals surface area contributed by atoms with E-state index in [0.29, 0.717) is 16.7 Å². The maximum Gasteiger partial charge on any atom is 0.419 e. The van der Waals surface area contributed by atoms with Gasteiger partial charge < -0.3 is 4.42 Å². The van der Waals surface area contributed by atoms with Crippen molar-refractivity contribution in [2.75, 3.05) is 0 Å². The van der Waals surface area contributed by atoms with Crippen molar-refractivity contribution in [3.05, 3.63) is 69.8 Å². The van der Waals surface area contributed by atoms with Crippen LogP contribution in [0, 0.1) is 12.7 Å². The van der Waals surface area contributed by atoms with Crippen LogP contribution in [0.5, 0.6) is 0 Å². The third kappa shape index (κ3) is 2.84. The number of halogens is 4. The van der Waals surface area contributed by atoms with Gasteiger partial charge in [-0.25, -0.2) is 4.39 Å². The molecule has 0 N–H and O–H groups in total. The summed E-state index contributed by atoms with van der Waals surface area (Å²) in [5.41, 5.74) is -0.710. The summed E-state index contributed by atoms with van der Waals surface area (Å²) in [7, 11) is 0. The Hall–Kier alpha value is -2.63. The standard InChI is InChI=1S/C17H10F4O2/c1-9-6-15(22)12-4-2-11(8-16(12)23-9)10-3-5-14(18)13(7-10)17(19,20)21/h2-8H,1H3. The molecule has 0 aliphatic heterocycles. The van der Waals surface area contributed by atoms with Crippen molar-refractivity contribution < 1.29 is 22.0 Å². The molecule has 6 heteroatoms. The van der Waals surface area contributed by atoms with Crippen molar-refractivity contribution in [2.45, 2.75) is 13.1 Å². The summed E-state index contributed by atoms with van der Waals surface area (Å²) < 4.78 is 57.2. The Labute approximate surface area is 128 Å². The highest BCUT2D eigenvalue weighted by molar-refractivity contribution is 5.82. The van der Waals surface area contributed by atoms with E-state index in [1.807, 2.05) is 0 Å².